The second kappa shape index (κ2) is 8.75. The summed E-state index contributed by atoms with van der Waals surface area (Å²) in [5.74, 6) is 0.430. The molecule has 3 aromatic carbocycles. The molecule has 180 valence electrons. The largest absolute Gasteiger partial charge is 0.342 e. The molecule has 7 heteroatoms. The van der Waals surface area contributed by atoms with E-state index in [0.29, 0.717) is 29.8 Å². The topological polar surface area (TPSA) is 86.4 Å². The van der Waals surface area contributed by atoms with E-state index in [1.165, 1.54) is 10.5 Å². The summed E-state index contributed by atoms with van der Waals surface area (Å²) in [4.78, 5) is 50.3. The first-order chi connectivity index (χ1) is 17.5. The van der Waals surface area contributed by atoms with Crippen molar-refractivity contribution in [1.82, 2.24) is 19.8 Å². The van der Waals surface area contributed by atoms with Gasteiger partial charge in [-0.3, -0.25) is 19.3 Å². The molecular weight excluding hydrogens is 452 g/mol. The monoisotopic (exact) mass is 478 g/mol. The predicted octanol–water partition coefficient (Wildman–Crippen LogP) is 4.69. The van der Waals surface area contributed by atoms with Crippen LogP contribution in [0, 0.1) is 6.92 Å². The summed E-state index contributed by atoms with van der Waals surface area (Å²) in [7, 11) is 0. The quantitative estimate of drug-likeness (QED) is 0.431. The Balaban J connectivity index is 1.18. The van der Waals surface area contributed by atoms with E-state index in [2.05, 4.69) is 24.0 Å². The van der Waals surface area contributed by atoms with Gasteiger partial charge >= 0.3 is 0 Å². The van der Waals surface area contributed by atoms with Crippen molar-refractivity contribution in [2.75, 3.05) is 13.1 Å². The van der Waals surface area contributed by atoms with Crippen molar-refractivity contribution in [2.45, 2.75) is 32.2 Å². The number of hydrogen-bond acceptors (Lipinski definition) is 4. The van der Waals surface area contributed by atoms with Gasteiger partial charge < -0.3 is 9.88 Å². The zero-order chi connectivity index (χ0) is 24.8. The Morgan fingerprint density at radius 1 is 1.00 bits per heavy atom. The summed E-state index contributed by atoms with van der Waals surface area (Å²) < 4.78 is 0. The number of imidazole rings is 1. The number of nitrogens with zero attached hydrogens (tertiary/aromatic N) is 3. The number of hydrogen-bond donors (Lipinski definition) is 1. The Kier molecular flexibility index (Phi) is 5.40. The third-order valence-electron chi connectivity index (χ3n) is 7.14. The number of carbonyl (C=O) groups is 3. The molecule has 0 radical (unpaired) electrons. The molecule has 1 N–H and O–H groups in total. The van der Waals surface area contributed by atoms with Crippen molar-refractivity contribution in [2.24, 2.45) is 0 Å². The van der Waals surface area contributed by atoms with E-state index in [1.54, 1.807) is 36.4 Å². The number of aromatic amines is 1. The van der Waals surface area contributed by atoms with Crippen molar-refractivity contribution in [1.29, 1.82) is 0 Å². The molecule has 1 aromatic heterocycles. The molecule has 2 aliphatic heterocycles. The zero-order valence-corrected chi connectivity index (χ0v) is 20.0. The fourth-order valence-electron chi connectivity index (χ4n) is 5.27. The Bertz CT molecular complexity index is 1490. The van der Waals surface area contributed by atoms with Crippen molar-refractivity contribution >= 4 is 28.8 Å². The SMILES string of the molecule is Cc1ccc2nc(C3CCCN(C(=O)c4cccc(CN5C(=O)c6ccccc6C5=O)c4)C3)[nH]c2c1. The second-order valence-corrected chi connectivity index (χ2v) is 9.68. The summed E-state index contributed by atoms with van der Waals surface area (Å²) in [6.07, 6.45) is 1.88. The van der Waals surface area contributed by atoms with Crippen LogP contribution < -0.4 is 0 Å². The van der Waals surface area contributed by atoms with E-state index >= 15 is 0 Å². The Morgan fingerprint density at radius 3 is 2.56 bits per heavy atom. The van der Waals surface area contributed by atoms with Gasteiger partial charge in [-0.1, -0.05) is 30.3 Å². The lowest BCUT2D eigenvalue weighted by Gasteiger charge is -2.32. The number of aromatic nitrogens is 2. The minimum Gasteiger partial charge on any atom is -0.342 e. The summed E-state index contributed by atoms with van der Waals surface area (Å²) in [6.45, 7) is 3.48. The van der Waals surface area contributed by atoms with Crippen LogP contribution in [0.4, 0.5) is 0 Å². The van der Waals surface area contributed by atoms with Crippen molar-refractivity contribution in [3.63, 3.8) is 0 Å². The van der Waals surface area contributed by atoms with Crippen LogP contribution in [0.5, 0.6) is 0 Å². The van der Waals surface area contributed by atoms with E-state index in [4.69, 9.17) is 4.98 Å². The predicted molar refractivity (Wildman–Crippen MR) is 136 cm³/mol. The number of aryl methyl sites for hydroxylation is 1. The van der Waals surface area contributed by atoms with Crippen LogP contribution in [-0.2, 0) is 6.54 Å². The maximum atomic E-state index is 13.4. The lowest BCUT2D eigenvalue weighted by Crippen LogP contribution is -2.39. The Labute approximate surface area is 208 Å². The lowest BCUT2D eigenvalue weighted by molar-refractivity contribution is 0.0642. The third kappa shape index (κ3) is 3.86. The first-order valence-electron chi connectivity index (χ1n) is 12.3. The summed E-state index contributed by atoms with van der Waals surface area (Å²) in [6, 6.07) is 20.3. The first kappa shape index (κ1) is 22.2. The van der Waals surface area contributed by atoms with Gasteiger partial charge in [-0.2, -0.15) is 0 Å². The maximum absolute atomic E-state index is 13.4. The molecular formula is C29H26N4O3. The number of carbonyl (C=O) groups excluding carboxylic acids is 3. The molecule has 36 heavy (non-hydrogen) atoms. The van der Waals surface area contributed by atoms with Crippen LogP contribution >= 0.6 is 0 Å². The van der Waals surface area contributed by atoms with E-state index < -0.39 is 0 Å². The van der Waals surface area contributed by atoms with Crippen molar-refractivity contribution in [3.05, 3.63) is 100 Å². The van der Waals surface area contributed by atoms with Gasteiger partial charge in [0.25, 0.3) is 17.7 Å². The van der Waals surface area contributed by atoms with Gasteiger partial charge in [0.1, 0.15) is 5.82 Å². The van der Waals surface area contributed by atoms with Crippen LogP contribution in [-0.4, -0.2) is 50.6 Å². The standard InChI is InChI=1S/C29H26N4O3/c1-18-11-12-24-25(14-18)31-26(30-24)21-8-5-13-32(17-21)27(34)20-7-4-6-19(15-20)16-33-28(35)22-9-2-3-10-23(22)29(33)36/h2-4,6-7,9-12,14-15,21H,5,8,13,16-17H2,1H3,(H,30,31). The second-order valence-electron chi connectivity index (χ2n) is 9.68. The minimum atomic E-state index is -0.299. The number of fused-ring (bicyclic) bond motifs is 2. The van der Waals surface area contributed by atoms with Crippen LogP contribution in [0.25, 0.3) is 11.0 Å². The highest BCUT2D eigenvalue weighted by atomic mass is 16.2. The van der Waals surface area contributed by atoms with Gasteiger partial charge in [0.05, 0.1) is 28.7 Å². The van der Waals surface area contributed by atoms with E-state index in [0.717, 1.165) is 35.3 Å². The normalized spacial score (nSPS) is 17.6. The summed E-state index contributed by atoms with van der Waals surface area (Å²) >= 11 is 0. The maximum Gasteiger partial charge on any atom is 0.261 e. The third-order valence-corrected chi connectivity index (χ3v) is 7.14. The average molecular weight is 479 g/mol. The number of likely N-dealkylation sites (tertiary alicyclic amines) is 1. The van der Waals surface area contributed by atoms with Crippen molar-refractivity contribution in [3.8, 4) is 0 Å². The molecule has 0 saturated carbocycles. The molecule has 0 aliphatic carbocycles. The van der Waals surface area contributed by atoms with Crippen molar-refractivity contribution < 1.29 is 14.4 Å². The van der Waals surface area contributed by atoms with E-state index in [1.807, 2.05) is 23.1 Å². The number of rotatable bonds is 4. The van der Waals surface area contributed by atoms with Gasteiger partial charge in [-0.25, -0.2) is 4.98 Å². The summed E-state index contributed by atoms with van der Waals surface area (Å²) in [5, 5.41) is 0. The average Bonchev–Trinajstić information content (AvgIpc) is 3.43. The van der Waals surface area contributed by atoms with Gasteiger partial charge in [0, 0.05) is 24.6 Å². The van der Waals surface area contributed by atoms with Crippen LogP contribution in [0.15, 0.2) is 66.7 Å². The number of piperidine rings is 1. The number of amides is 3. The molecule has 2 aliphatic rings. The molecule has 6 rings (SSSR count). The van der Waals surface area contributed by atoms with Gasteiger partial charge in [0.15, 0.2) is 0 Å². The number of H-pyrrole nitrogens is 1. The van der Waals surface area contributed by atoms with E-state index in [-0.39, 0.29) is 30.2 Å². The number of benzene rings is 3. The highest BCUT2D eigenvalue weighted by Gasteiger charge is 2.35. The zero-order valence-electron chi connectivity index (χ0n) is 20.0. The fraction of sp³-hybridized carbons (Fsp3) is 0.241. The Morgan fingerprint density at radius 2 is 1.78 bits per heavy atom. The lowest BCUT2D eigenvalue weighted by atomic mass is 9.96. The van der Waals surface area contributed by atoms with Crippen LogP contribution in [0.2, 0.25) is 0 Å². The van der Waals surface area contributed by atoms with Crippen LogP contribution in [0.1, 0.15) is 66.8 Å². The molecule has 1 unspecified atom stereocenters. The number of imide groups is 1. The molecule has 3 heterocycles. The smallest absolute Gasteiger partial charge is 0.261 e. The molecule has 7 nitrogen and oxygen atoms in total. The van der Waals surface area contributed by atoms with Crippen LogP contribution in [0.3, 0.4) is 0 Å². The number of nitrogens with one attached hydrogen (secondary N) is 1. The highest BCUT2D eigenvalue weighted by molar-refractivity contribution is 6.21. The van der Waals surface area contributed by atoms with Gasteiger partial charge in [0.2, 0.25) is 0 Å². The Hall–Kier alpha value is -4.26. The molecule has 1 atom stereocenters. The highest BCUT2D eigenvalue weighted by Crippen LogP contribution is 2.29. The molecule has 1 fully saturated rings. The molecule has 0 bridgehead atoms. The summed E-state index contributed by atoms with van der Waals surface area (Å²) in [5.41, 5.74) is 5.31. The van der Waals surface area contributed by atoms with E-state index in [9.17, 15) is 14.4 Å². The first-order valence-corrected chi connectivity index (χ1v) is 12.3. The molecule has 0 spiro atoms. The minimum absolute atomic E-state index is 0.0455. The fourth-order valence-corrected chi connectivity index (χ4v) is 5.27. The molecule has 4 aromatic rings. The van der Waals surface area contributed by atoms with Gasteiger partial charge in [-0.15, -0.1) is 0 Å². The van der Waals surface area contributed by atoms with Gasteiger partial charge in [-0.05, 0) is 67.3 Å². The molecule has 3 amide bonds. The molecule has 1 saturated heterocycles.